The molecule has 4 nitrogen and oxygen atoms in total. The first-order valence-corrected chi connectivity index (χ1v) is 7.59. The Bertz CT molecular complexity index is 355. The highest BCUT2D eigenvalue weighted by Crippen LogP contribution is 2.10. The molecule has 4 heteroatoms. The van der Waals surface area contributed by atoms with Crippen LogP contribution in [0.5, 0.6) is 0 Å². The Kier molecular flexibility index (Phi) is 7.64. The minimum atomic E-state index is -0.0743. The summed E-state index contributed by atoms with van der Waals surface area (Å²) in [6.45, 7) is 4.99. The zero-order valence-electron chi connectivity index (χ0n) is 13.1. The first kappa shape index (κ1) is 17.0. The number of carbonyl (C=O) groups is 1. The summed E-state index contributed by atoms with van der Waals surface area (Å²) >= 11 is 0. The maximum Gasteiger partial charge on any atom is 0.246 e. The van der Waals surface area contributed by atoms with Gasteiger partial charge in [-0.1, -0.05) is 12.3 Å². The topological polar surface area (TPSA) is 50.4 Å². The van der Waals surface area contributed by atoms with Gasteiger partial charge in [-0.05, 0) is 46.6 Å². The summed E-state index contributed by atoms with van der Waals surface area (Å²) in [6.07, 6.45) is 6.23. The molecule has 0 heterocycles. The summed E-state index contributed by atoms with van der Waals surface area (Å²) in [6, 6.07) is 0. The molecule has 1 rings (SSSR count). The molecular weight excluding hydrogens is 252 g/mol. The Morgan fingerprint density at radius 3 is 2.90 bits per heavy atom. The number of hydrogen-bond donors (Lipinski definition) is 2. The monoisotopic (exact) mass is 280 g/mol. The Labute approximate surface area is 123 Å². The van der Waals surface area contributed by atoms with Crippen molar-refractivity contribution in [3.05, 3.63) is 0 Å². The van der Waals surface area contributed by atoms with Gasteiger partial charge in [-0.2, -0.15) is 0 Å². The standard InChI is InChI=1S/C16H28N2O2/c1-16(2,17-3)11-12-18-15(19)13-20-14-9-7-5-4-6-8-10-14/h14,17H,4-7,9,11-13H2,1-3H3,(H,18,19). The second-order valence-electron chi connectivity index (χ2n) is 5.95. The molecule has 0 bridgehead atoms. The first-order valence-electron chi connectivity index (χ1n) is 7.59. The van der Waals surface area contributed by atoms with E-state index in [0.29, 0.717) is 6.54 Å². The van der Waals surface area contributed by atoms with E-state index in [9.17, 15) is 4.79 Å². The highest BCUT2D eigenvalue weighted by atomic mass is 16.5. The van der Waals surface area contributed by atoms with E-state index in [1.165, 1.54) is 12.8 Å². The fourth-order valence-corrected chi connectivity index (χ4v) is 1.97. The molecule has 1 amide bonds. The van der Waals surface area contributed by atoms with Crippen LogP contribution >= 0.6 is 0 Å². The smallest absolute Gasteiger partial charge is 0.246 e. The molecule has 0 aromatic heterocycles. The molecule has 2 N–H and O–H groups in total. The van der Waals surface area contributed by atoms with Gasteiger partial charge < -0.3 is 15.4 Å². The lowest BCUT2D eigenvalue weighted by molar-refractivity contribution is -0.126. The number of amides is 1. The molecule has 0 saturated carbocycles. The third-order valence-electron chi connectivity index (χ3n) is 3.70. The predicted octanol–water partition coefficient (Wildman–Crippen LogP) is 1.84. The highest BCUT2D eigenvalue weighted by Gasteiger charge is 2.15. The second kappa shape index (κ2) is 8.99. The van der Waals surface area contributed by atoms with Crippen LogP contribution in [-0.2, 0) is 9.53 Å². The van der Waals surface area contributed by atoms with Crippen molar-refractivity contribution in [3.8, 4) is 11.8 Å². The Balaban J connectivity index is 2.19. The van der Waals surface area contributed by atoms with E-state index in [2.05, 4.69) is 36.3 Å². The van der Waals surface area contributed by atoms with Crippen molar-refractivity contribution in [2.24, 2.45) is 0 Å². The van der Waals surface area contributed by atoms with Crippen LogP contribution in [0.15, 0.2) is 0 Å². The second-order valence-corrected chi connectivity index (χ2v) is 5.95. The molecule has 114 valence electrons. The van der Waals surface area contributed by atoms with Crippen LogP contribution in [0.25, 0.3) is 0 Å². The first-order chi connectivity index (χ1) is 9.53. The summed E-state index contributed by atoms with van der Waals surface area (Å²) in [5, 5.41) is 6.10. The van der Waals surface area contributed by atoms with Crippen molar-refractivity contribution in [1.29, 1.82) is 0 Å². The lowest BCUT2D eigenvalue weighted by atomic mass is 10.0. The molecule has 0 saturated heterocycles. The molecule has 0 spiro atoms. The van der Waals surface area contributed by atoms with Gasteiger partial charge in [0, 0.05) is 18.5 Å². The van der Waals surface area contributed by atoms with E-state index in [1.807, 2.05) is 7.05 Å². The zero-order valence-corrected chi connectivity index (χ0v) is 13.1. The van der Waals surface area contributed by atoms with Gasteiger partial charge in [0.1, 0.15) is 12.7 Å². The van der Waals surface area contributed by atoms with Gasteiger partial charge in [-0.15, -0.1) is 5.92 Å². The van der Waals surface area contributed by atoms with Crippen LogP contribution in [0.3, 0.4) is 0 Å². The van der Waals surface area contributed by atoms with Gasteiger partial charge in [-0.25, -0.2) is 0 Å². The van der Waals surface area contributed by atoms with Gasteiger partial charge in [0.05, 0.1) is 0 Å². The molecule has 1 aliphatic carbocycles. The summed E-state index contributed by atoms with van der Waals surface area (Å²) in [7, 11) is 1.93. The van der Waals surface area contributed by atoms with Gasteiger partial charge in [0.25, 0.3) is 0 Å². The minimum Gasteiger partial charge on any atom is -0.356 e. The Morgan fingerprint density at radius 2 is 2.15 bits per heavy atom. The van der Waals surface area contributed by atoms with Gasteiger partial charge in [0.15, 0.2) is 0 Å². The molecule has 1 unspecified atom stereocenters. The van der Waals surface area contributed by atoms with E-state index in [4.69, 9.17) is 4.74 Å². The van der Waals surface area contributed by atoms with Crippen molar-refractivity contribution in [2.75, 3.05) is 20.2 Å². The average molecular weight is 280 g/mol. The largest absolute Gasteiger partial charge is 0.356 e. The van der Waals surface area contributed by atoms with Crippen LogP contribution in [-0.4, -0.2) is 37.7 Å². The van der Waals surface area contributed by atoms with Gasteiger partial charge >= 0.3 is 0 Å². The number of carbonyl (C=O) groups excluding carboxylic acids is 1. The molecule has 1 aliphatic rings. The molecule has 0 radical (unpaired) electrons. The average Bonchev–Trinajstić information content (AvgIpc) is 2.37. The summed E-state index contributed by atoms with van der Waals surface area (Å²) in [4.78, 5) is 11.7. The maximum absolute atomic E-state index is 11.7. The van der Waals surface area contributed by atoms with Crippen molar-refractivity contribution in [3.63, 3.8) is 0 Å². The Morgan fingerprint density at radius 1 is 1.35 bits per heavy atom. The maximum atomic E-state index is 11.7. The molecule has 1 atom stereocenters. The fourth-order valence-electron chi connectivity index (χ4n) is 1.97. The van der Waals surface area contributed by atoms with E-state index in [0.717, 1.165) is 25.7 Å². The molecule has 0 aromatic rings. The lowest BCUT2D eigenvalue weighted by Crippen LogP contribution is -2.40. The fraction of sp³-hybridized carbons (Fsp3) is 0.812. The van der Waals surface area contributed by atoms with Crippen LogP contribution in [0.2, 0.25) is 0 Å². The SMILES string of the molecule is CNC(C)(C)CCNC(=O)COC1C#CCCCCC1. The van der Waals surface area contributed by atoms with E-state index < -0.39 is 0 Å². The molecule has 20 heavy (non-hydrogen) atoms. The summed E-state index contributed by atoms with van der Waals surface area (Å²) in [5.41, 5.74) is 0.0408. The number of nitrogens with one attached hydrogen (secondary N) is 2. The Hall–Kier alpha value is -1.05. The van der Waals surface area contributed by atoms with E-state index in [-0.39, 0.29) is 24.2 Å². The van der Waals surface area contributed by atoms with Crippen molar-refractivity contribution < 1.29 is 9.53 Å². The zero-order chi connectivity index (χ0) is 14.8. The number of rotatable bonds is 7. The van der Waals surface area contributed by atoms with Crippen molar-refractivity contribution in [1.82, 2.24) is 10.6 Å². The third kappa shape index (κ3) is 7.52. The van der Waals surface area contributed by atoms with Crippen LogP contribution in [0.4, 0.5) is 0 Å². The summed E-state index contributed by atoms with van der Waals surface area (Å²) < 4.78 is 5.59. The minimum absolute atomic E-state index is 0.0408. The van der Waals surface area contributed by atoms with Crippen LogP contribution in [0.1, 0.15) is 52.4 Å². The molecule has 0 aromatic carbocycles. The van der Waals surface area contributed by atoms with Crippen molar-refractivity contribution in [2.45, 2.75) is 64.0 Å². The lowest BCUT2D eigenvalue weighted by Gasteiger charge is -2.23. The summed E-state index contributed by atoms with van der Waals surface area (Å²) in [5.74, 6) is 6.17. The van der Waals surface area contributed by atoms with Crippen LogP contribution in [0, 0.1) is 11.8 Å². The highest BCUT2D eigenvalue weighted by molar-refractivity contribution is 5.77. The van der Waals surface area contributed by atoms with Gasteiger partial charge in [0.2, 0.25) is 5.91 Å². The van der Waals surface area contributed by atoms with Gasteiger partial charge in [-0.3, -0.25) is 4.79 Å². The normalized spacial score (nSPS) is 19.4. The number of ether oxygens (including phenoxy) is 1. The van der Waals surface area contributed by atoms with Crippen molar-refractivity contribution >= 4 is 5.91 Å². The third-order valence-corrected chi connectivity index (χ3v) is 3.70. The number of hydrogen-bond acceptors (Lipinski definition) is 3. The molecule has 0 aliphatic heterocycles. The van der Waals surface area contributed by atoms with E-state index in [1.54, 1.807) is 0 Å². The molecular formula is C16H28N2O2. The van der Waals surface area contributed by atoms with E-state index >= 15 is 0 Å². The van der Waals surface area contributed by atoms with Crippen LogP contribution < -0.4 is 10.6 Å². The quantitative estimate of drug-likeness (QED) is 0.700. The predicted molar refractivity (Wildman–Crippen MR) is 81.4 cm³/mol. The molecule has 0 fully saturated rings.